The molecule has 134 valence electrons. The van der Waals surface area contributed by atoms with Gasteiger partial charge in [0.25, 0.3) is 0 Å². The number of benzene rings is 1. The van der Waals surface area contributed by atoms with Gasteiger partial charge in [0.15, 0.2) is 0 Å². The Kier molecular flexibility index (Phi) is 6.27. The van der Waals surface area contributed by atoms with Gasteiger partial charge < -0.3 is 4.74 Å². The fraction of sp³-hybridized carbons (Fsp3) is 0.263. The topological polar surface area (TPSA) is 68.1 Å². The van der Waals surface area contributed by atoms with Gasteiger partial charge in [0.1, 0.15) is 11.4 Å². The lowest BCUT2D eigenvalue weighted by Crippen LogP contribution is -1.98. The SMILES string of the molecule is CCCCCOc1ccc(/C=N\n2c(-c3ccccn3)n[nH]c2=S)cc1. The summed E-state index contributed by atoms with van der Waals surface area (Å²) in [7, 11) is 0. The summed E-state index contributed by atoms with van der Waals surface area (Å²) in [6, 6.07) is 13.4. The van der Waals surface area contributed by atoms with Gasteiger partial charge in [-0.05, 0) is 60.6 Å². The number of nitrogens with one attached hydrogen (secondary N) is 1. The highest BCUT2D eigenvalue weighted by Crippen LogP contribution is 2.15. The van der Waals surface area contributed by atoms with Gasteiger partial charge in [0.2, 0.25) is 10.6 Å². The van der Waals surface area contributed by atoms with Crippen molar-refractivity contribution in [1.82, 2.24) is 19.9 Å². The molecule has 0 saturated heterocycles. The van der Waals surface area contributed by atoms with Crippen molar-refractivity contribution in [3.05, 3.63) is 59.0 Å². The van der Waals surface area contributed by atoms with E-state index in [4.69, 9.17) is 17.0 Å². The number of H-pyrrole nitrogens is 1. The van der Waals surface area contributed by atoms with Crippen LogP contribution in [0.2, 0.25) is 0 Å². The predicted octanol–water partition coefficient (Wildman–Crippen LogP) is 4.45. The summed E-state index contributed by atoms with van der Waals surface area (Å²) in [5, 5.41) is 11.4. The van der Waals surface area contributed by atoms with Crippen LogP contribution in [0.3, 0.4) is 0 Å². The van der Waals surface area contributed by atoms with Crippen LogP contribution in [0.25, 0.3) is 11.5 Å². The van der Waals surface area contributed by atoms with E-state index < -0.39 is 0 Å². The summed E-state index contributed by atoms with van der Waals surface area (Å²) in [4.78, 5) is 4.29. The predicted molar refractivity (Wildman–Crippen MR) is 105 cm³/mol. The average molecular weight is 367 g/mol. The maximum atomic E-state index is 5.72. The second-order valence-corrected chi connectivity index (χ2v) is 6.14. The quantitative estimate of drug-likeness (QED) is 0.363. The second-order valence-electron chi connectivity index (χ2n) is 5.75. The van der Waals surface area contributed by atoms with Gasteiger partial charge in [-0.2, -0.15) is 14.9 Å². The molecule has 0 aliphatic carbocycles. The van der Waals surface area contributed by atoms with E-state index in [1.165, 1.54) is 12.8 Å². The highest BCUT2D eigenvalue weighted by atomic mass is 32.1. The van der Waals surface area contributed by atoms with E-state index in [1.807, 2.05) is 42.5 Å². The van der Waals surface area contributed by atoms with Crippen LogP contribution in [-0.2, 0) is 0 Å². The lowest BCUT2D eigenvalue weighted by Gasteiger charge is -2.05. The summed E-state index contributed by atoms with van der Waals surface area (Å²) in [5.74, 6) is 1.44. The van der Waals surface area contributed by atoms with Crippen molar-refractivity contribution in [3.63, 3.8) is 0 Å². The van der Waals surface area contributed by atoms with Gasteiger partial charge in [0.05, 0.1) is 12.8 Å². The first-order chi connectivity index (χ1) is 12.8. The van der Waals surface area contributed by atoms with Crippen LogP contribution in [0.5, 0.6) is 5.75 Å². The molecular formula is C19H21N5OS. The summed E-state index contributed by atoms with van der Waals surface area (Å²) in [6.07, 6.45) is 6.90. The summed E-state index contributed by atoms with van der Waals surface area (Å²) < 4.78 is 7.70. The number of aromatic amines is 1. The third kappa shape index (κ3) is 4.64. The van der Waals surface area contributed by atoms with Crippen LogP contribution < -0.4 is 4.74 Å². The maximum absolute atomic E-state index is 5.72. The minimum absolute atomic E-state index is 0.415. The van der Waals surface area contributed by atoms with Gasteiger partial charge in [-0.3, -0.25) is 4.98 Å². The van der Waals surface area contributed by atoms with E-state index >= 15 is 0 Å². The Balaban J connectivity index is 1.71. The minimum Gasteiger partial charge on any atom is -0.494 e. The molecular weight excluding hydrogens is 346 g/mol. The lowest BCUT2D eigenvalue weighted by molar-refractivity contribution is 0.306. The number of nitrogens with zero attached hydrogens (tertiary/aromatic N) is 4. The van der Waals surface area contributed by atoms with E-state index in [-0.39, 0.29) is 0 Å². The zero-order chi connectivity index (χ0) is 18.2. The monoisotopic (exact) mass is 367 g/mol. The molecule has 0 aliphatic heterocycles. The van der Waals surface area contributed by atoms with E-state index in [1.54, 1.807) is 17.1 Å². The Labute approximate surface area is 157 Å². The fourth-order valence-corrected chi connectivity index (χ4v) is 2.56. The molecule has 0 fully saturated rings. The first-order valence-corrected chi connectivity index (χ1v) is 9.05. The molecule has 1 aromatic carbocycles. The number of unbranched alkanes of at least 4 members (excludes halogenated alkanes) is 2. The van der Waals surface area contributed by atoms with Crippen LogP contribution >= 0.6 is 12.2 Å². The van der Waals surface area contributed by atoms with Crippen molar-refractivity contribution in [2.24, 2.45) is 5.10 Å². The van der Waals surface area contributed by atoms with E-state index in [2.05, 4.69) is 27.2 Å². The smallest absolute Gasteiger partial charge is 0.216 e. The largest absolute Gasteiger partial charge is 0.494 e. The molecule has 2 aromatic heterocycles. The Bertz CT molecular complexity index is 900. The molecule has 7 heteroatoms. The number of hydrogen-bond acceptors (Lipinski definition) is 5. The number of ether oxygens (including phenoxy) is 1. The molecule has 26 heavy (non-hydrogen) atoms. The van der Waals surface area contributed by atoms with E-state index in [0.29, 0.717) is 16.3 Å². The third-order valence-electron chi connectivity index (χ3n) is 3.76. The molecule has 6 nitrogen and oxygen atoms in total. The molecule has 0 aliphatic rings. The molecule has 0 unspecified atom stereocenters. The maximum Gasteiger partial charge on any atom is 0.216 e. The first-order valence-electron chi connectivity index (χ1n) is 8.64. The summed E-state index contributed by atoms with van der Waals surface area (Å²) >= 11 is 5.26. The number of pyridine rings is 1. The third-order valence-corrected chi connectivity index (χ3v) is 4.03. The van der Waals surface area contributed by atoms with E-state index in [0.717, 1.165) is 24.3 Å². The molecule has 3 aromatic rings. The van der Waals surface area contributed by atoms with Crippen LogP contribution in [0, 0.1) is 4.77 Å². The van der Waals surface area contributed by atoms with Gasteiger partial charge in [0, 0.05) is 6.20 Å². The number of aromatic nitrogens is 4. The van der Waals surface area contributed by atoms with Crippen molar-refractivity contribution in [3.8, 4) is 17.3 Å². The Morgan fingerprint density at radius 3 is 2.77 bits per heavy atom. The van der Waals surface area contributed by atoms with Crippen molar-refractivity contribution >= 4 is 18.4 Å². The lowest BCUT2D eigenvalue weighted by atomic mass is 10.2. The standard InChI is InChI=1S/C19H21N5OS/c1-2-3-6-13-25-16-10-8-15(9-11-16)14-21-24-18(22-23-19(24)26)17-7-4-5-12-20-17/h4-5,7-12,14H,2-3,6,13H2,1H3,(H,23,26)/b21-14-. The molecule has 0 saturated carbocycles. The van der Waals surface area contributed by atoms with Crippen molar-refractivity contribution in [2.45, 2.75) is 26.2 Å². The molecule has 0 radical (unpaired) electrons. The fourth-order valence-electron chi connectivity index (χ4n) is 2.38. The first kappa shape index (κ1) is 18.0. The van der Waals surface area contributed by atoms with Crippen LogP contribution in [0.15, 0.2) is 53.8 Å². The Morgan fingerprint density at radius 1 is 1.19 bits per heavy atom. The second kappa shape index (κ2) is 9.05. The van der Waals surface area contributed by atoms with Crippen molar-refractivity contribution in [1.29, 1.82) is 0 Å². The number of hydrogen-bond donors (Lipinski definition) is 1. The van der Waals surface area contributed by atoms with Crippen molar-refractivity contribution < 1.29 is 4.74 Å². The Morgan fingerprint density at radius 2 is 2.04 bits per heavy atom. The molecule has 0 amide bonds. The van der Waals surface area contributed by atoms with Gasteiger partial charge in [-0.15, -0.1) is 0 Å². The summed E-state index contributed by atoms with van der Waals surface area (Å²) in [6.45, 7) is 2.93. The van der Waals surface area contributed by atoms with Gasteiger partial charge in [-0.1, -0.05) is 25.8 Å². The van der Waals surface area contributed by atoms with Gasteiger partial charge >= 0.3 is 0 Å². The van der Waals surface area contributed by atoms with Gasteiger partial charge in [-0.25, -0.2) is 5.10 Å². The molecule has 0 bridgehead atoms. The summed E-state index contributed by atoms with van der Waals surface area (Å²) in [5.41, 5.74) is 1.65. The highest BCUT2D eigenvalue weighted by molar-refractivity contribution is 7.71. The van der Waals surface area contributed by atoms with Crippen molar-refractivity contribution in [2.75, 3.05) is 6.61 Å². The minimum atomic E-state index is 0.415. The normalized spacial score (nSPS) is 11.1. The van der Waals surface area contributed by atoms with Crippen LogP contribution in [0.4, 0.5) is 0 Å². The zero-order valence-electron chi connectivity index (χ0n) is 14.6. The average Bonchev–Trinajstić information content (AvgIpc) is 3.06. The van der Waals surface area contributed by atoms with Crippen LogP contribution in [-0.4, -0.2) is 32.7 Å². The molecule has 0 atom stereocenters. The molecule has 3 rings (SSSR count). The molecule has 0 spiro atoms. The molecule has 2 heterocycles. The van der Waals surface area contributed by atoms with E-state index in [9.17, 15) is 0 Å². The zero-order valence-corrected chi connectivity index (χ0v) is 15.4. The molecule has 1 N–H and O–H groups in total. The number of rotatable bonds is 8. The Hall–Kier alpha value is -2.80. The highest BCUT2D eigenvalue weighted by Gasteiger charge is 2.08. The van der Waals surface area contributed by atoms with Crippen LogP contribution in [0.1, 0.15) is 31.7 Å².